The van der Waals surface area contributed by atoms with Gasteiger partial charge in [0, 0.05) is 38.4 Å². The molecule has 1 aliphatic carbocycles. The summed E-state index contributed by atoms with van der Waals surface area (Å²) in [6.45, 7) is -1.00. The third kappa shape index (κ3) is 4.02. The van der Waals surface area contributed by atoms with E-state index in [1.54, 1.807) is 6.08 Å². The van der Waals surface area contributed by atoms with E-state index in [0.29, 0.717) is 12.7 Å². The number of aliphatic hydroxyl groups is 3. The zero-order chi connectivity index (χ0) is 17.8. The molecule has 23 heavy (non-hydrogen) atoms. The van der Waals surface area contributed by atoms with Crippen LogP contribution in [0.25, 0.3) is 0 Å². The number of aliphatic hydroxyl groups excluding tert-OH is 3. The number of halogens is 3. The molecule has 0 radical (unpaired) electrons. The lowest BCUT2D eigenvalue weighted by molar-refractivity contribution is -0.129. The summed E-state index contributed by atoms with van der Waals surface area (Å²) in [5, 5.41) is 30.6. The highest BCUT2D eigenvalue weighted by Gasteiger charge is 2.55. The molecular formula is C13H17I3N2O5. The Bertz CT molecular complexity index is 548. The second-order valence-electron chi connectivity index (χ2n) is 4.89. The Kier molecular flexibility index (Phi) is 8.67. The minimum absolute atomic E-state index is 0.0867. The van der Waals surface area contributed by atoms with Gasteiger partial charge in [-0.2, -0.15) is 0 Å². The summed E-state index contributed by atoms with van der Waals surface area (Å²) in [5.74, 6) is -1.94. The number of primary amides is 1. The predicted octanol–water partition coefficient (Wildman–Crippen LogP) is -0.00740. The molecule has 0 aromatic heterocycles. The number of carbonyl (C=O) groups excluding carboxylic acids is 2. The average Bonchev–Trinajstić information content (AvgIpc) is 2.48. The molecule has 0 spiro atoms. The highest BCUT2D eigenvalue weighted by atomic mass is 127. The van der Waals surface area contributed by atoms with Gasteiger partial charge in [0.2, 0.25) is 11.8 Å². The highest BCUT2D eigenvalue weighted by molar-refractivity contribution is 14.1. The monoisotopic (exact) mass is 662 g/mol. The highest BCUT2D eigenvalue weighted by Crippen LogP contribution is 2.53. The van der Waals surface area contributed by atoms with Gasteiger partial charge in [0.25, 0.3) is 0 Å². The van der Waals surface area contributed by atoms with Gasteiger partial charge in [0.1, 0.15) is 5.41 Å². The van der Waals surface area contributed by atoms with Crippen molar-refractivity contribution in [2.45, 2.75) is 3.92 Å². The van der Waals surface area contributed by atoms with E-state index in [0.717, 1.165) is 0 Å². The molecule has 0 heterocycles. The Morgan fingerprint density at radius 2 is 1.87 bits per heavy atom. The molecule has 2 amide bonds. The molecule has 0 bridgehead atoms. The van der Waals surface area contributed by atoms with E-state index in [2.05, 4.69) is 5.32 Å². The summed E-state index contributed by atoms with van der Waals surface area (Å²) in [4.78, 5) is 24.7. The normalized spacial score (nSPS) is 24.7. The Labute approximate surface area is 174 Å². The largest absolute Gasteiger partial charge is 0.396 e. The topological polar surface area (TPSA) is 133 Å². The summed E-state index contributed by atoms with van der Waals surface area (Å²) in [6.07, 6.45) is 1.66. The number of rotatable bonds is 7. The minimum atomic E-state index is -1.37. The fourth-order valence-electron chi connectivity index (χ4n) is 2.46. The summed E-state index contributed by atoms with van der Waals surface area (Å²) < 4.78 is 0.552. The van der Waals surface area contributed by atoms with Gasteiger partial charge in [-0.3, -0.25) is 9.59 Å². The molecular weight excluding hydrogens is 645 g/mol. The molecule has 6 N–H and O–H groups in total. The smallest absolute Gasteiger partial charge is 0.249 e. The maximum Gasteiger partial charge on any atom is 0.249 e. The summed E-state index contributed by atoms with van der Waals surface area (Å²) in [5.41, 5.74) is 4.60. The number of hydrogen-bond donors (Lipinski definition) is 5. The quantitative estimate of drug-likeness (QED) is 0.194. The lowest BCUT2D eigenvalue weighted by atomic mass is 9.68. The number of carbonyl (C=O) groups is 2. The first-order chi connectivity index (χ1) is 10.8. The van der Waals surface area contributed by atoms with Gasteiger partial charge < -0.3 is 26.4 Å². The van der Waals surface area contributed by atoms with Crippen LogP contribution < -0.4 is 11.1 Å². The first-order valence-corrected chi connectivity index (χ1v) is 10.0. The van der Waals surface area contributed by atoms with Gasteiger partial charge in [0.05, 0.1) is 10.5 Å². The van der Waals surface area contributed by atoms with E-state index in [9.17, 15) is 19.8 Å². The molecule has 1 rings (SSSR count). The summed E-state index contributed by atoms with van der Waals surface area (Å²) >= 11 is 5.91. The van der Waals surface area contributed by atoms with Crippen molar-refractivity contribution in [2.24, 2.45) is 17.1 Å². The van der Waals surface area contributed by atoms with Crippen LogP contribution in [0.2, 0.25) is 0 Å². The van der Waals surface area contributed by atoms with Crippen LogP contribution in [0.5, 0.6) is 0 Å². The number of allylic oxidation sites excluding steroid dienone is 2. The van der Waals surface area contributed by atoms with Gasteiger partial charge >= 0.3 is 0 Å². The van der Waals surface area contributed by atoms with Gasteiger partial charge in [-0.05, 0) is 51.3 Å². The minimum Gasteiger partial charge on any atom is -0.396 e. The van der Waals surface area contributed by atoms with Crippen LogP contribution in [0.15, 0.2) is 18.8 Å². The van der Waals surface area contributed by atoms with Crippen LogP contribution in [-0.4, -0.2) is 57.4 Å². The standard InChI is InChI=1S/C13H17I3N2O5/c14-7-3-8(15)13(12(17)23,6(4-20)5-21)10(16)9(7)11(22)18-1-2-19/h3,6,10,19-21H,1-2,4-5H2,(H2,17,23)(H,18,22). The molecule has 7 nitrogen and oxygen atoms in total. The van der Waals surface area contributed by atoms with Crippen LogP contribution >= 0.6 is 67.8 Å². The molecule has 10 heteroatoms. The van der Waals surface area contributed by atoms with Crippen molar-refractivity contribution in [3.05, 3.63) is 18.8 Å². The Morgan fingerprint density at radius 1 is 1.30 bits per heavy atom. The third-order valence-corrected chi connectivity index (χ3v) is 7.40. The molecule has 1 aliphatic rings. The number of nitrogens with two attached hydrogens (primary N) is 1. The SMILES string of the molecule is NC(=O)C1(C(CO)CO)C(I)=CC(I)=C(C(=O)NCCO)C1I. The second kappa shape index (κ2) is 9.26. The van der Waals surface area contributed by atoms with Crippen molar-refractivity contribution in [2.75, 3.05) is 26.4 Å². The van der Waals surface area contributed by atoms with Crippen molar-refractivity contribution < 1.29 is 24.9 Å². The van der Waals surface area contributed by atoms with E-state index >= 15 is 0 Å². The number of alkyl halides is 1. The maximum absolute atomic E-state index is 12.4. The molecule has 2 unspecified atom stereocenters. The van der Waals surface area contributed by atoms with Crippen molar-refractivity contribution >= 4 is 79.6 Å². The molecule has 0 saturated heterocycles. The van der Waals surface area contributed by atoms with Crippen LogP contribution in [0, 0.1) is 11.3 Å². The molecule has 2 atom stereocenters. The molecule has 0 saturated carbocycles. The average molecular weight is 662 g/mol. The van der Waals surface area contributed by atoms with E-state index in [1.807, 2.05) is 67.8 Å². The lowest BCUT2D eigenvalue weighted by Crippen LogP contribution is -2.55. The van der Waals surface area contributed by atoms with E-state index in [1.165, 1.54) is 0 Å². The van der Waals surface area contributed by atoms with E-state index in [4.69, 9.17) is 10.8 Å². The summed E-state index contributed by atoms with van der Waals surface area (Å²) in [7, 11) is 0. The Hall–Kier alpha value is 0.490. The van der Waals surface area contributed by atoms with Crippen LogP contribution in [0.3, 0.4) is 0 Å². The van der Waals surface area contributed by atoms with E-state index in [-0.39, 0.29) is 13.2 Å². The maximum atomic E-state index is 12.4. The molecule has 0 fully saturated rings. The first-order valence-electron chi connectivity index (χ1n) is 6.61. The van der Waals surface area contributed by atoms with Crippen molar-refractivity contribution in [1.82, 2.24) is 5.32 Å². The van der Waals surface area contributed by atoms with E-state index < -0.39 is 40.3 Å². The fourth-order valence-corrected chi connectivity index (χ4v) is 8.21. The molecule has 0 aliphatic heterocycles. The van der Waals surface area contributed by atoms with Gasteiger partial charge in [-0.25, -0.2) is 0 Å². The zero-order valence-corrected chi connectivity index (χ0v) is 18.4. The molecule has 130 valence electrons. The van der Waals surface area contributed by atoms with Gasteiger partial charge in [-0.15, -0.1) is 0 Å². The number of nitrogens with one attached hydrogen (secondary N) is 1. The lowest BCUT2D eigenvalue weighted by Gasteiger charge is -2.43. The van der Waals surface area contributed by atoms with Crippen molar-refractivity contribution in [3.8, 4) is 0 Å². The van der Waals surface area contributed by atoms with Crippen LogP contribution in [0.1, 0.15) is 0 Å². The van der Waals surface area contributed by atoms with Crippen LogP contribution in [0.4, 0.5) is 0 Å². The molecule has 0 aromatic carbocycles. The van der Waals surface area contributed by atoms with Crippen LogP contribution in [-0.2, 0) is 9.59 Å². The summed E-state index contributed by atoms with van der Waals surface area (Å²) in [6, 6.07) is 0. The number of hydrogen-bond acceptors (Lipinski definition) is 5. The second-order valence-corrected chi connectivity index (χ2v) is 8.46. The van der Waals surface area contributed by atoms with Crippen molar-refractivity contribution in [3.63, 3.8) is 0 Å². The zero-order valence-electron chi connectivity index (χ0n) is 11.9. The van der Waals surface area contributed by atoms with Crippen molar-refractivity contribution in [1.29, 1.82) is 0 Å². The van der Waals surface area contributed by atoms with Gasteiger partial charge in [-0.1, -0.05) is 22.6 Å². The number of amides is 2. The fraction of sp³-hybridized carbons (Fsp3) is 0.538. The molecule has 0 aromatic rings. The Balaban J connectivity index is 3.45. The first kappa shape index (κ1) is 21.5. The Morgan fingerprint density at radius 3 is 2.30 bits per heavy atom. The third-order valence-electron chi connectivity index (χ3n) is 3.69. The predicted molar refractivity (Wildman–Crippen MR) is 110 cm³/mol. The van der Waals surface area contributed by atoms with Gasteiger partial charge in [0.15, 0.2) is 0 Å².